The van der Waals surface area contributed by atoms with Gasteiger partial charge in [0.05, 0.1) is 31.9 Å². The minimum absolute atomic E-state index is 0.0642. The molecule has 1 saturated heterocycles. The highest BCUT2D eigenvalue weighted by atomic mass is 16.5. The van der Waals surface area contributed by atoms with E-state index in [9.17, 15) is 4.79 Å². The van der Waals surface area contributed by atoms with E-state index in [4.69, 9.17) is 19.2 Å². The van der Waals surface area contributed by atoms with Gasteiger partial charge in [-0.3, -0.25) is 4.79 Å². The molecule has 0 spiro atoms. The van der Waals surface area contributed by atoms with Gasteiger partial charge in [0.25, 0.3) is 0 Å². The molecule has 1 amide bonds. The Balaban J connectivity index is 1.23. The summed E-state index contributed by atoms with van der Waals surface area (Å²) in [5.41, 5.74) is 4.26. The fourth-order valence-corrected chi connectivity index (χ4v) is 5.34. The van der Waals surface area contributed by atoms with E-state index >= 15 is 0 Å². The lowest BCUT2D eigenvalue weighted by molar-refractivity contribution is -0.128. The Kier molecular flexibility index (Phi) is 8.69. The van der Waals surface area contributed by atoms with Crippen molar-refractivity contribution >= 4 is 23.0 Å². The van der Waals surface area contributed by atoms with Crippen LogP contribution in [0.25, 0.3) is 17.1 Å². The molecule has 2 heterocycles. The van der Waals surface area contributed by atoms with Crippen LogP contribution < -0.4 is 14.2 Å². The largest absolute Gasteiger partial charge is 0.497 e. The number of fused-ring (bicyclic) bond motifs is 1. The number of aromatic nitrogens is 2. The molecule has 1 fully saturated rings. The number of amides is 1. The van der Waals surface area contributed by atoms with E-state index in [0.29, 0.717) is 26.1 Å². The van der Waals surface area contributed by atoms with Gasteiger partial charge in [0, 0.05) is 32.0 Å². The van der Waals surface area contributed by atoms with Gasteiger partial charge in [-0.25, -0.2) is 4.98 Å². The quantitative estimate of drug-likeness (QED) is 0.193. The second kappa shape index (κ2) is 12.7. The lowest BCUT2D eigenvalue weighted by Crippen LogP contribution is -2.24. The molecule has 0 aliphatic carbocycles. The maximum Gasteiger partial charge on any atom is 0.223 e. The van der Waals surface area contributed by atoms with Crippen molar-refractivity contribution < 1.29 is 19.0 Å². The number of para-hydroxylation sites is 2. The first kappa shape index (κ1) is 27.3. The third kappa shape index (κ3) is 6.14. The number of ether oxygens (including phenoxy) is 3. The van der Waals surface area contributed by atoms with Crippen molar-refractivity contribution in [3.05, 3.63) is 89.8 Å². The summed E-state index contributed by atoms with van der Waals surface area (Å²) in [4.78, 5) is 19.9. The van der Waals surface area contributed by atoms with Gasteiger partial charge >= 0.3 is 0 Å². The SMILES string of the molecule is C/C=C/c1ccc(OCCCCn2c(C3CC(=O)N(Cc4ccc(OC)cc4)C3)nc3ccccc32)c(OC)c1. The Bertz CT molecular complexity index is 1480. The average Bonchev–Trinajstić information content (AvgIpc) is 3.53. The number of likely N-dealkylation sites (tertiary alicyclic amines) is 1. The van der Waals surface area contributed by atoms with Crippen LogP contribution in [0.3, 0.4) is 0 Å². The molecule has 4 aromatic rings. The van der Waals surface area contributed by atoms with Gasteiger partial charge < -0.3 is 23.7 Å². The third-order valence-electron chi connectivity index (χ3n) is 7.38. The van der Waals surface area contributed by atoms with Gasteiger partial charge in [-0.15, -0.1) is 0 Å². The second-order valence-electron chi connectivity index (χ2n) is 10.1. The number of allylic oxidation sites excluding steroid dienone is 1. The van der Waals surface area contributed by atoms with Crippen molar-refractivity contribution in [2.75, 3.05) is 27.4 Å². The number of carbonyl (C=O) groups is 1. The number of methoxy groups -OCH3 is 2. The molecule has 208 valence electrons. The van der Waals surface area contributed by atoms with E-state index in [1.807, 2.05) is 84.6 Å². The molecule has 3 aromatic carbocycles. The molecule has 1 aliphatic rings. The minimum Gasteiger partial charge on any atom is -0.497 e. The first-order chi connectivity index (χ1) is 19.6. The van der Waals surface area contributed by atoms with Crippen molar-refractivity contribution in [2.24, 2.45) is 0 Å². The number of aryl methyl sites for hydroxylation is 1. The zero-order valence-electron chi connectivity index (χ0n) is 23.5. The van der Waals surface area contributed by atoms with Gasteiger partial charge in [-0.05, 0) is 67.3 Å². The van der Waals surface area contributed by atoms with Crippen LogP contribution in [-0.2, 0) is 17.9 Å². The molecule has 1 unspecified atom stereocenters. The molecule has 0 radical (unpaired) electrons. The number of unbranched alkanes of at least 4 members (excludes halogenated alkanes) is 1. The van der Waals surface area contributed by atoms with E-state index < -0.39 is 0 Å². The summed E-state index contributed by atoms with van der Waals surface area (Å²) in [7, 11) is 3.32. The Morgan fingerprint density at radius 3 is 2.58 bits per heavy atom. The highest BCUT2D eigenvalue weighted by Gasteiger charge is 2.34. The van der Waals surface area contributed by atoms with Crippen LogP contribution in [0.4, 0.5) is 0 Å². The maximum absolute atomic E-state index is 13.0. The molecule has 1 atom stereocenters. The number of carbonyl (C=O) groups excluding carboxylic acids is 1. The fourth-order valence-electron chi connectivity index (χ4n) is 5.34. The predicted octanol–water partition coefficient (Wildman–Crippen LogP) is 6.46. The van der Waals surface area contributed by atoms with Crippen LogP contribution in [0.5, 0.6) is 17.2 Å². The smallest absolute Gasteiger partial charge is 0.223 e. The fraction of sp³-hybridized carbons (Fsp3) is 0.333. The Labute approximate surface area is 236 Å². The van der Waals surface area contributed by atoms with Gasteiger partial charge in [-0.1, -0.05) is 42.5 Å². The lowest BCUT2D eigenvalue weighted by atomic mass is 10.1. The third-order valence-corrected chi connectivity index (χ3v) is 7.38. The van der Waals surface area contributed by atoms with Crippen LogP contribution in [0.15, 0.2) is 72.8 Å². The molecule has 7 nitrogen and oxygen atoms in total. The topological polar surface area (TPSA) is 65.8 Å². The lowest BCUT2D eigenvalue weighted by Gasteiger charge is -2.18. The summed E-state index contributed by atoms with van der Waals surface area (Å²) >= 11 is 0. The van der Waals surface area contributed by atoms with Crippen molar-refractivity contribution in [1.82, 2.24) is 14.5 Å². The number of hydrogen-bond donors (Lipinski definition) is 0. The van der Waals surface area contributed by atoms with Crippen molar-refractivity contribution in [3.63, 3.8) is 0 Å². The number of hydrogen-bond acceptors (Lipinski definition) is 5. The molecular weight excluding hydrogens is 502 g/mol. The first-order valence-electron chi connectivity index (χ1n) is 13.9. The number of imidazole rings is 1. The molecule has 5 rings (SSSR count). The summed E-state index contributed by atoms with van der Waals surface area (Å²) < 4.78 is 19.2. The normalized spacial score (nSPS) is 15.3. The van der Waals surface area contributed by atoms with Gasteiger partial charge in [0.15, 0.2) is 11.5 Å². The predicted molar refractivity (Wildman–Crippen MR) is 158 cm³/mol. The van der Waals surface area contributed by atoms with Gasteiger partial charge in [-0.2, -0.15) is 0 Å². The van der Waals surface area contributed by atoms with Crippen molar-refractivity contribution in [3.8, 4) is 17.2 Å². The van der Waals surface area contributed by atoms with Crippen LogP contribution in [0.2, 0.25) is 0 Å². The van der Waals surface area contributed by atoms with Gasteiger partial charge in [0.1, 0.15) is 11.6 Å². The molecule has 0 saturated carbocycles. The molecular formula is C33H37N3O4. The Morgan fingerprint density at radius 2 is 1.80 bits per heavy atom. The standard InChI is InChI=1S/C33H37N3O4/c1-4-9-24-14-17-30(31(20-24)39-3)40-19-8-7-18-36-29-11-6-5-10-28(29)34-33(36)26-21-32(37)35(23-26)22-25-12-15-27(38-2)16-13-25/h4-6,9-17,20,26H,7-8,18-19,21-23H2,1-3H3/b9-4+. The van der Waals surface area contributed by atoms with Crippen LogP contribution in [-0.4, -0.2) is 47.7 Å². The second-order valence-corrected chi connectivity index (χ2v) is 10.1. The van der Waals surface area contributed by atoms with Crippen LogP contribution in [0.1, 0.15) is 49.1 Å². The maximum atomic E-state index is 13.0. The monoisotopic (exact) mass is 539 g/mol. The number of benzene rings is 3. The molecule has 1 aromatic heterocycles. The van der Waals surface area contributed by atoms with E-state index in [-0.39, 0.29) is 11.8 Å². The van der Waals surface area contributed by atoms with E-state index in [2.05, 4.69) is 10.6 Å². The summed E-state index contributed by atoms with van der Waals surface area (Å²) in [5.74, 6) is 3.54. The molecule has 0 bridgehead atoms. The summed E-state index contributed by atoms with van der Waals surface area (Å²) in [5, 5.41) is 0. The first-order valence-corrected chi connectivity index (χ1v) is 13.9. The summed E-state index contributed by atoms with van der Waals surface area (Å²) in [6, 6.07) is 22.1. The van der Waals surface area contributed by atoms with Gasteiger partial charge in [0.2, 0.25) is 5.91 Å². The average molecular weight is 540 g/mol. The zero-order chi connectivity index (χ0) is 27.9. The van der Waals surface area contributed by atoms with Crippen molar-refractivity contribution in [2.45, 2.75) is 45.2 Å². The molecule has 0 N–H and O–H groups in total. The summed E-state index contributed by atoms with van der Waals surface area (Å²) in [6.45, 7) is 4.67. The minimum atomic E-state index is 0.0642. The van der Waals surface area contributed by atoms with E-state index in [0.717, 1.165) is 64.6 Å². The van der Waals surface area contributed by atoms with E-state index in [1.165, 1.54) is 0 Å². The van der Waals surface area contributed by atoms with Crippen molar-refractivity contribution in [1.29, 1.82) is 0 Å². The Hall–Kier alpha value is -4.26. The summed E-state index contributed by atoms with van der Waals surface area (Å²) in [6.07, 6.45) is 6.34. The van der Waals surface area contributed by atoms with Crippen LogP contribution in [0, 0.1) is 0 Å². The number of nitrogens with zero attached hydrogens (tertiary/aromatic N) is 3. The molecule has 7 heteroatoms. The molecule has 1 aliphatic heterocycles. The van der Waals surface area contributed by atoms with E-state index in [1.54, 1.807) is 14.2 Å². The number of rotatable bonds is 12. The zero-order valence-corrected chi connectivity index (χ0v) is 23.5. The van der Waals surface area contributed by atoms with Crippen LogP contribution >= 0.6 is 0 Å². The molecule has 40 heavy (non-hydrogen) atoms. The highest BCUT2D eigenvalue weighted by molar-refractivity contribution is 5.81. The Morgan fingerprint density at radius 1 is 0.975 bits per heavy atom. The highest BCUT2D eigenvalue weighted by Crippen LogP contribution is 2.32.